The van der Waals surface area contributed by atoms with Crippen LogP contribution in [-0.2, 0) is 6.54 Å². The van der Waals surface area contributed by atoms with Crippen LogP contribution in [0.4, 0.5) is 0 Å². The maximum atomic E-state index is 12.1. The van der Waals surface area contributed by atoms with Gasteiger partial charge in [0, 0.05) is 22.1 Å². The zero-order valence-electron chi connectivity index (χ0n) is 16.5. The van der Waals surface area contributed by atoms with Crippen LogP contribution in [-0.4, -0.2) is 24.0 Å². The molecular formula is C24H24N2O2. The monoisotopic (exact) mass is 372 g/mol. The molecule has 1 aromatic heterocycles. The van der Waals surface area contributed by atoms with Gasteiger partial charge in [-0.15, -0.1) is 0 Å². The first-order chi connectivity index (χ1) is 13.5. The largest absolute Gasteiger partial charge is 0.545 e. The third kappa shape index (κ3) is 3.20. The van der Waals surface area contributed by atoms with Gasteiger partial charge in [0.2, 0.25) is 0 Å². The lowest BCUT2D eigenvalue weighted by Crippen LogP contribution is -3.11. The highest BCUT2D eigenvalue weighted by atomic mass is 16.4. The van der Waals surface area contributed by atoms with Crippen molar-refractivity contribution in [2.24, 2.45) is 0 Å². The zero-order chi connectivity index (χ0) is 19.8. The van der Waals surface area contributed by atoms with Crippen molar-refractivity contribution in [1.29, 1.82) is 0 Å². The van der Waals surface area contributed by atoms with Crippen LogP contribution in [0.2, 0.25) is 0 Å². The average Bonchev–Trinajstić information content (AvgIpc) is 2.67. The Morgan fingerprint density at radius 2 is 1.96 bits per heavy atom. The summed E-state index contributed by atoms with van der Waals surface area (Å²) in [5.41, 5.74) is 7.25. The lowest BCUT2D eigenvalue weighted by molar-refractivity contribution is -0.905. The molecule has 2 heterocycles. The standard InChI is InChI=1S/C24H24N2O2/c1-4-26-13-18(12-17-10-9-15(2)11-16(17)3)23-20(14-26)22(24(27)28)19-7-5-6-8-21(19)25-23/h5-12H,4,13-14H2,1-3H3,(H,27,28)/b18-12+. The highest BCUT2D eigenvalue weighted by Gasteiger charge is 2.28. The molecule has 142 valence electrons. The number of nitrogens with one attached hydrogen (secondary N) is 1. The molecule has 1 atom stereocenters. The van der Waals surface area contributed by atoms with Crippen LogP contribution < -0.4 is 10.0 Å². The first-order valence-corrected chi connectivity index (χ1v) is 9.72. The van der Waals surface area contributed by atoms with Crippen LogP contribution >= 0.6 is 0 Å². The summed E-state index contributed by atoms with van der Waals surface area (Å²) >= 11 is 0. The number of carbonyl (C=O) groups is 1. The Kier molecular flexibility index (Phi) is 4.73. The number of hydrogen-bond donors (Lipinski definition) is 1. The maximum Gasteiger partial charge on any atom is 0.106 e. The number of aryl methyl sites for hydroxylation is 2. The van der Waals surface area contributed by atoms with Crippen LogP contribution in [0.5, 0.6) is 0 Å². The van der Waals surface area contributed by atoms with Gasteiger partial charge in [-0.25, -0.2) is 4.98 Å². The van der Waals surface area contributed by atoms with E-state index < -0.39 is 5.97 Å². The molecule has 0 fully saturated rings. The number of benzene rings is 2. The predicted octanol–water partition coefficient (Wildman–Crippen LogP) is 2.17. The number of hydrogen-bond acceptors (Lipinski definition) is 3. The fourth-order valence-corrected chi connectivity index (χ4v) is 4.13. The summed E-state index contributed by atoms with van der Waals surface area (Å²) in [6, 6.07) is 13.8. The van der Waals surface area contributed by atoms with E-state index in [4.69, 9.17) is 4.98 Å². The van der Waals surface area contributed by atoms with E-state index >= 15 is 0 Å². The Labute approximate surface area is 165 Å². The molecular weight excluding hydrogens is 348 g/mol. The van der Waals surface area contributed by atoms with Gasteiger partial charge >= 0.3 is 0 Å². The van der Waals surface area contributed by atoms with E-state index in [9.17, 15) is 9.90 Å². The molecule has 0 spiro atoms. The first-order valence-electron chi connectivity index (χ1n) is 9.72. The van der Waals surface area contributed by atoms with Crippen molar-refractivity contribution >= 4 is 28.5 Å². The lowest BCUT2D eigenvalue weighted by atomic mass is 9.91. The number of carboxylic acid groups (broad SMARTS) is 1. The number of carbonyl (C=O) groups excluding carboxylic acids is 1. The third-order valence-electron chi connectivity index (χ3n) is 5.62. The molecule has 4 heteroatoms. The molecule has 0 amide bonds. The summed E-state index contributed by atoms with van der Waals surface area (Å²) in [6.45, 7) is 8.72. The van der Waals surface area contributed by atoms with E-state index in [0.717, 1.165) is 35.5 Å². The van der Waals surface area contributed by atoms with Gasteiger partial charge < -0.3 is 14.8 Å². The smallest absolute Gasteiger partial charge is 0.106 e. The lowest BCUT2D eigenvalue weighted by Gasteiger charge is -2.29. The van der Waals surface area contributed by atoms with Crippen molar-refractivity contribution < 1.29 is 14.8 Å². The zero-order valence-corrected chi connectivity index (χ0v) is 16.5. The summed E-state index contributed by atoms with van der Waals surface area (Å²) in [5, 5.41) is 12.7. The second kappa shape index (κ2) is 7.21. The minimum absolute atomic E-state index is 0.290. The molecule has 0 aliphatic carbocycles. The molecule has 2 aromatic carbocycles. The number of carboxylic acids is 1. The molecule has 1 aliphatic heterocycles. The minimum atomic E-state index is -1.13. The number of aromatic carboxylic acids is 1. The fourth-order valence-electron chi connectivity index (χ4n) is 4.13. The number of fused-ring (bicyclic) bond motifs is 2. The van der Waals surface area contributed by atoms with Crippen molar-refractivity contribution in [1.82, 2.24) is 4.98 Å². The second-order valence-electron chi connectivity index (χ2n) is 7.61. The van der Waals surface area contributed by atoms with E-state index in [2.05, 4.69) is 45.0 Å². The Morgan fingerprint density at radius 1 is 1.18 bits per heavy atom. The summed E-state index contributed by atoms with van der Waals surface area (Å²) < 4.78 is 0. The van der Waals surface area contributed by atoms with E-state index in [1.807, 2.05) is 24.3 Å². The van der Waals surface area contributed by atoms with Gasteiger partial charge in [-0.2, -0.15) is 0 Å². The van der Waals surface area contributed by atoms with Gasteiger partial charge in [0.25, 0.3) is 0 Å². The van der Waals surface area contributed by atoms with Gasteiger partial charge in [0.1, 0.15) is 13.1 Å². The molecule has 1 unspecified atom stereocenters. The summed E-state index contributed by atoms with van der Waals surface area (Å²) in [5.74, 6) is -1.13. The third-order valence-corrected chi connectivity index (χ3v) is 5.62. The highest BCUT2D eigenvalue weighted by molar-refractivity contribution is 6.05. The molecule has 0 saturated heterocycles. The topological polar surface area (TPSA) is 57.5 Å². The number of rotatable bonds is 3. The molecule has 0 radical (unpaired) electrons. The Bertz CT molecular complexity index is 1120. The molecule has 4 rings (SSSR count). The van der Waals surface area contributed by atoms with Gasteiger partial charge in [0.15, 0.2) is 0 Å². The van der Waals surface area contributed by atoms with E-state index in [1.54, 1.807) is 0 Å². The van der Waals surface area contributed by atoms with Gasteiger partial charge in [-0.3, -0.25) is 0 Å². The van der Waals surface area contributed by atoms with Crippen molar-refractivity contribution in [3.05, 3.63) is 76.0 Å². The predicted molar refractivity (Wildman–Crippen MR) is 110 cm³/mol. The SMILES string of the molecule is CC[NH+]1C/C(=C\c2ccc(C)cc2C)c2nc3ccccc3c(C(=O)[O-])c2C1. The first kappa shape index (κ1) is 18.4. The van der Waals surface area contributed by atoms with Crippen molar-refractivity contribution in [2.45, 2.75) is 27.3 Å². The van der Waals surface area contributed by atoms with Crippen LogP contribution in [0.3, 0.4) is 0 Å². The summed E-state index contributed by atoms with van der Waals surface area (Å²) in [7, 11) is 0. The molecule has 0 saturated carbocycles. The Morgan fingerprint density at radius 3 is 2.68 bits per heavy atom. The Hall–Kier alpha value is -2.98. The van der Waals surface area contributed by atoms with Crippen LogP contribution in [0.25, 0.3) is 22.6 Å². The van der Waals surface area contributed by atoms with Gasteiger partial charge in [0.05, 0.1) is 23.7 Å². The molecule has 3 aromatic rings. The molecule has 4 nitrogen and oxygen atoms in total. The molecule has 1 aliphatic rings. The van der Waals surface area contributed by atoms with Gasteiger partial charge in [-0.1, -0.05) is 42.0 Å². The molecule has 28 heavy (non-hydrogen) atoms. The minimum Gasteiger partial charge on any atom is -0.545 e. The van der Waals surface area contributed by atoms with Crippen LogP contribution in [0, 0.1) is 13.8 Å². The molecule has 0 bridgehead atoms. The fraction of sp³-hybridized carbons (Fsp3) is 0.250. The summed E-state index contributed by atoms with van der Waals surface area (Å²) in [4.78, 5) is 18.3. The quantitative estimate of drug-likeness (QED) is 0.767. The van der Waals surface area contributed by atoms with Crippen LogP contribution in [0.15, 0.2) is 42.5 Å². The number of aromatic nitrogens is 1. The Balaban J connectivity index is 1.99. The van der Waals surface area contributed by atoms with Crippen molar-refractivity contribution in [3.63, 3.8) is 0 Å². The number of para-hydroxylation sites is 1. The highest BCUT2D eigenvalue weighted by Crippen LogP contribution is 2.30. The van der Waals surface area contributed by atoms with E-state index in [1.165, 1.54) is 16.0 Å². The number of quaternary nitrogens is 1. The van der Waals surface area contributed by atoms with Crippen molar-refractivity contribution in [2.75, 3.05) is 13.1 Å². The normalized spacial score (nSPS) is 17.7. The van der Waals surface area contributed by atoms with E-state index in [-0.39, 0.29) is 5.56 Å². The van der Waals surface area contributed by atoms with Gasteiger partial charge in [-0.05, 0) is 44.0 Å². The van der Waals surface area contributed by atoms with Crippen molar-refractivity contribution in [3.8, 4) is 0 Å². The molecule has 1 N–H and O–H groups in total. The van der Waals surface area contributed by atoms with Crippen LogP contribution in [0.1, 0.15) is 45.2 Å². The maximum absolute atomic E-state index is 12.1. The summed E-state index contributed by atoms with van der Waals surface area (Å²) in [6.07, 6.45) is 2.17. The van der Waals surface area contributed by atoms with E-state index in [0.29, 0.717) is 17.4 Å². The number of likely N-dealkylation sites (N-methyl/N-ethyl adjacent to an activating group) is 1. The average molecular weight is 372 g/mol. The second-order valence-corrected chi connectivity index (χ2v) is 7.61. The number of nitrogens with zero attached hydrogens (tertiary/aromatic N) is 1. The number of pyridine rings is 1.